The van der Waals surface area contributed by atoms with Crippen LogP contribution in [0.1, 0.15) is 48.8 Å². The van der Waals surface area contributed by atoms with E-state index in [1.54, 1.807) is 0 Å². The zero-order valence-electron chi connectivity index (χ0n) is 21.9. The predicted octanol–water partition coefficient (Wildman–Crippen LogP) is 4.15. The topological polar surface area (TPSA) is 114 Å². The quantitative estimate of drug-likeness (QED) is 0.445. The van der Waals surface area contributed by atoms with Gasteiger partial charge in [-0.15, -0.1) is 0 Å². The lowest BCUT2D eigenvalue weighted by atomic mass is 9.95. The highest BCUT2D eigenvalue weighted by Gasteiger charge is 2.31. The molecule has 1 fully saturated rings. The first-order chi connectivity index (χ1) is 18.4. The van der Waals surface area contributed by atoms with Crippen LogP contribution in [-0.4, -0.2) is 46.7 Å². The Labute approximate surface area is 224 Å². The third-order valence-corrected chi connectivity index (χ3v) is 7.02. The molecule has 206 valence electrons. The monoisotopic (exact) mass is 541 g/mol. The third kappa shape index (κ3) is 5.28. The van der Waals surface area contributed by atoms with Crippen molar-refractivity contribution in [2.24, 2.45) is 11.7 Å². The zero-order chi connectivity index (χ0) is 28.1. The van der Waals surface area contributed by atoms with Crippen molar-refractivity contribution in [1.29, 1.82) is 0 Å². The molecule has 4 N–H and O–H groups in total. The number of amides is 1. The van der Waals surface area contributed by atoms with Gasteiger partial charge in [-0.3, -0.25) is 4.79 Å². The second-order valence-corrected chi connectivity index (χ2v) is 10.8. The molecular weight excluding hydrogens is 511 g/mol. The number of benzene rings is 1. The van der Waals surface area contributed by atoms with Crippen molar-refractivity contribution in [1.82, 2.24) is 9.97 Å². The summed E-state index contributed by atoms with van der Waals surface area (Å²) in [5.41, 5.74) is 5.13. The first kappa shape index (κ1) is 26.9. The number of rotatable bonds is 5. The number of anilines is 2. The summed E-state index contributed by atoms with van der Waals surface area (Å²) < 4.78 is 50.3. The van der Waals surface area contributed by atoms with E-state index in [2.05, 4.69) is 27.1 Å². The van der Waals surface area contributed by atoms with E-state index in [-0.39, 0.29) is 17.3 Å². The summed E-state index contributed by atoms with van der Waals surface area (Å²) in [5.74, 6) is -3.11. The summed E-state index contributed by atoms with van der Waals surface area (Å²) in [6.45, 7) is 6.63. The Bertz CT molecular complexity index is 1410. The number of hydrogen-bond donors (Lipinski definition) is 3. The molecule has 0 spiro atoms. The van der Waals surface area contributed by atoms with Crippen LogP contribution in [0, 0.1) is 23.4 Å². The summed E-state index contributed by atoms with van der Waals surface area (Å²) in [7, 11) is 0. The molecule has 0 saturated carbocycles. The fourth-order valence-corrected chi connectivity index (χ4v) is 5.24. The molecule has 3 aromatic rings. The normalized spacial score (nSPS) is 19.0. The highest BCUT2D eigenvalue weighted by Crippen LogP contribution is 2.40. The van der Waals surface area contributed by atoms with Crippen LogP contribution in [0.25, 0.3) is 11.3 Å². The van der Waals surface area contributed by atoms with Crippen LogP contribution in [0.4, 0.5) is 24.5 Å². The van der Waals surface area contributed by atoms with Crippen molar-refractivity contribution in [2.75, 3.05) is 29.9 Å². The van der Waals surface area contributed by atoms with Crippen molar-refractivity contribution in [3.05, 3.63) is 64.7 Å². The molecule has 39 heavy (non-hydrogen) atoms. The standard InChI is InChI=1S/C28H30F3N5O3/c1-14-8-16(32)13-36(12-14)25-17-6-7-39-27(17)33-11-22(25)35-26(37)21-5-4-18(29)24(34-21)23-19(30)9-15(10-20(23)31)28(2,3)38/h4-5,9-11,14,16,38H,6-8,12-13,32H2,1-3H3,(H,35,37)/t14-,16?/m1/s1. The van der Waals surface area contributed by atoms with Gasteiger partial charge in [0, 0.05) is 31.1 Å². The summed E-state index contributed by atoms with van der Waals surface area (Å²) in [4.78, 5) is 23.7. The summed E-state index contributed by atoms with van der Waals surface area (Å²) in [6.07, 6.45) is 2.98. The molecule has 1 unspecified atom stereocenters. The maximum Gasteiger partial charge on any atom is 0.274 e. The Morgan fingerprint density at radius 1 is 1.18 bits per heavy atom. The first-order valence-corrected chi connectivity index (χ1v) is 12.8. The van der Waals surface area contributed by atoms with Crippen LogP contribution >= 0.6 is 0 Å². The Balaban J connectivity index is 1.50. The minimum atomic E-state index is -1.52. The number of ether oxygens (including phenoxy) is 1. The van der Waals surface area contributed by atoms with Gasteiger partial charge in [-0.05, 0) is 56.0 Å². The van der Waals surface area contributed by atoms with Gasteiger partial charge in [0.05, 0.1) is 35.3 Å². The van der Waals surface area contributed by atoms with E-state index in [1.807, 2.05) is 0 Å². The van der Waals surface area contributed by atoms with E-state index in [9.17, 15) is 23.1 Å². The Hall–Kier alpha value is -3.70. The van der Waals surface area contributed by atoms with E-state index in [1.165, 1.54) is 20.0 Å². The molecule has 4 heterocycles. The molecule has 0 aliphatic carbocycles. The second kappa shape index (κ2) is 10.1. The largest absolute Gasteiger partial charge is 0.477 e. The van der Waals surface area contributed by atoms with Gasteiger partial charge in [-0.2, -0.15) is 0 Å². The van der Waals surface area contributed by atoms with Crippen molar-refractivity contribution in [3.8, 4) is 17.1 Å². The number of piperidine rings is 1. The number of nitrogens with two attached hydrogens (primary N) is 1. The lowest BCUT2D eigenvalue weighted by Gasteiger charge is -2.38. The predicted molar refractivity (Wildman–Crippen MR) is 140 cm³/mol. The highest BCUT2D eigenvalue weighted by molar-refractivity contribution is 6.05. The molecule has 5 rings (SSSR count). The summed E-state index contributed by atoms with van der Waals surface area (Å²) in [5, 5.41) is 12.9. The lowest BCUT2D eigenvalue weighted by Crippen LogP contribution is -2.47. The van der Waals surface area contributed by atoms with Gasteiger partial charge in [0.15, 0.2) is 0 Å². The van der Waals surface area contributed by atoms with Crippen LogP contribution in [-0.2, 0) is 12.0 Å². The fraction of sp³-hybridized carbons (Fsp3) is 0.393. The van der Waals surface area contributed by atoms with Crippen LogP contribution in [0.15, 0.2) is 30.5 Å². The van der Waals surface area contributed by atoms with Gasteiger partial charge in [-0.1, -0.05) is 6.92 Å². The molecule has 11 heteroatoms. The Kier molecular flexibility index (Phi) is 6.98. The zero-order valence-corrected chi connectivity index (χ0v) is 21.9. The molecule has 2 atom stereocenters. The summed E-state index contributed by atoms with van der Waals surface area (Å²) >= 11 is 0. The van der Waals surface area contributed by atoms with Crippen LogP contribution in [0.3, 0.4) is 0 Å². The smallest absolute Gasteiger partial charge is 0.274 e. The van der Waals surface area contributed by atoms with Gasteiger partial charge in [0.25, 0.3) is 5.91 Å². The number of carbonyl (C=O) groups is 1. The van der Waals surface area contributed by atoms with E-state index >= 15 is 0 Å². The third-order valence-electron chi connectivity index (χ3n) is 7.02. The number of carbonyl (C=O) groups excluding carboxylic acids is 1. The van der Waals surface area contributed by atoms with Gasteiger partial charge >= 0.3 is 0 Å². The minimum absolute atomic E-state index is 0.0251. The number of nitrogens with one attached hydrogen (secondary N) is 1. The van der Waals surface area contributed by atoms with Gasteiger partial charge in [-0.25, -0.2) is 23.1 Å². The molecule has 0 radical (unpaired) electrons. The average molecular weight is 542 g/mol. The van der Waals surface area contributed by atoms with E-state index in [4.69, 9.17) is 10.5 Å². The Morgan fingerprint density at radius 3 is 2.56 bits per heavy atom. The molecular formula is C28H30F3N5O3. The molecule has 8 nitrogen and oxygen atoms in total. The lowest BCUT2D eigenvalue weighted by molar-refractivity contribution is 0.0778. The van der Waals surface area contributed by atoms with Gasteiger partial charge in [0.1, 0.15) is 28.8 Å². The SMILES string of the molecule is C[C@@H]1CC(N)CN(c2c(NC(=O)c3ccc(F)c(-c4c(F)cc(C(C)(C)O)cc4F)n3)cnc3c2CCO3)C1. The van der Waals surface area contributed by atoms with Crippen LogP contribution in [0.5, 0.6) is 5.88 Å². The highest BCUT2D eigenvalue weighted by atomic mass is 19.1. The molecule has 1 aromatic carbocycles. The van der Waals surface area contributed by atoms with E-state index in [0.717, 1.165) is 48.5 Å². The molecule has 2 aliphatic rings. The molecule has 1 amide bonds. The van der Waals surface area contributed by atoms with Crippen LogP contribution < -0.4 is 20.7 Å². The number of aromatic nitrogens is 2. The summed E-state index contributed by atoms with van der Waals surface area (Å²) in [6, 6.07) is 3.86. The van der Waals surface area contributed by atoms with Crippen molar-refractivity contribution in [3.63, 3.8) is 0 Å². The number of nitrogens with zero attached hydrogens (tertiary/aromatic N) is 3. The average Bonchev–Trinajstić information content (AvgIpc) is 3.32. The number of pyridine rings is 2. The fourth-order valence-electron chi connectivity index (χ4n) is 5.24. The van der Waals surface area contributed by atoms with E-state index in [0.29, 0.717) is 37.1 Å². The molecule has 1 saturated heterocycles. The van der Waals surface area contributed by atoms with Crippen molar-refractivity contribution >= 4 is 17.3 Å². The van der Waals surface area contributed by atoms with Crippen LogP contribution in [0.2, 0.25) is 0 Å². The minimum Gasteiger partial charge on any atom is -0.477 e. The number of aliphatic hydroxyl groups is 1. The molecule has 0 bridgehead atoms. The number of halogens is 3. The number of fused-ring (bicyclic) bond motifs is 1. The van der Waals surface area contributed by atoms with Gasteiger partial charge < -0.3 is 25.8 Å². The molecule has 2 aromatic heterocycles. The van der Waals surface area contributed by atoms with Crippen molar-refractivity contribution in [2.45, 2.75) is 45.3 Å². The van der Waals surface area contributed by atoms with Crippen molar-refractivity contribution < 1.29 is 27.8 Å². The molecule has 2 aliphatic heterocycles. The van der Waals surface area contributed by atoms with E-state index < -0.39 is 40.2 Å². The first-order valence-electron chi connectivity index (χ1n) is 12.8. The maximum absolute atomic E-state index is 14.9. The van der Waals surface area contributed by atoms with Gasteiger partial charge in [0.2, 0.25) is 5.88 Å². The second-order valence-electron chi connectivity index (χ2n) is 10.8. The number of hydrogen-bond acceptors (Lipinski definition) is 7. The maximum atomic E-state index is 14.9. The Morgan fingerprint density at radius 2 is 1.90 bits per heavy atom.